The largest absolute Gasteiger partial charge is 0.349 e. The van der Waals surface area contributed by atoms with Crippen LogP contribution in [0.3, 0.4) is 0 Å². The molecule has 1 fully saturated rings. The third-order valence-corrected chi connectivity index (χ3v) is 4.47. The second kappa shape index (κ2) is 8.01. The fourth-order valence-corrected chi connectivity index (χ4v) is 3.13. The van der Waals surface area contributed by atoms with Gasteiger partial charge in [-0.15, -0.1) is 12.4 Å². The third kappa shape index (κ3) is 4.21. The molecule has 1 aromatic carbocycles. The van der Waals surface area contributed by atoms with Crippen LogP contribution in [-0.2, 0) is 0 Å². The molecule has 1 aliphatic rings. The van der Waals surface area contributed by atoms with Gasteiger partial charge in [0.25, 0.3) is 5.91 Å². The fraction of sp³-hybridized carbons (Fsp3) is 0.533. The second-order valence-corrected chi connectivity index (χ2v) is 6.24. The summed E-state index contributed by atoms with van der Waals surface area (Å²) in [6.07, 6.45) is 4.57. The Kier molecular flexibility index (Phi) is 7.00. The molecule has 0 aromatic heterocycles. The minimum atomic E-state index is 0. The minimum Gasteiger partial charge on any atom is -0.349 e. The molecule has 2 atom stereocenters. The Morgan fingerprint density at radius 3 is 2.80 bits per heavy atom. The number of rotatable bonds is 3. The van der Waals surface area contributed by atoms with Crippen LogP contribution in [0.2, 0.25) is 0 Å². The molecule has 2 rings (SSSR count). The second-order valence-electron chi connectivity index (χ2n) is 5.32. The Labute approximate surface area is 135 Å². The zero-order chi connectivity index (χ0) is 13.8. The summed E-state index contributed by atoms with van der Waals surface area (Å²) in [6, 6.07) is 6.02. The van der Waals surface area contributed by atoms with Crippen molar-refractivity contribution in [2.45, 2.75) is 38.6 Å². The van der Waals surface area contributed by atoms with Gasteiger partial charge in [0.05, 0.1) is 0 Å². The monoisotopic (exact) mass is 360 g/mol. The van der Waals surface area contributed by atoms with Gasteiger partial charge in [0.2, 0.25) is 0 Å². The number of amides is 1. The zero-order valence-electron chi connectivity index (χ0n) is 11.7. The summed E-state index contributed by atoms with van der Waals surface area (Å²) in [5.41, 5.74) is 7.55. The van der Waals surface area contributed by atoms with Gasteiger partial charge >= 0.3 is 0 Å². The molecule has 5 heteroatoms. The molecule has 0 saturated heterocycles. The molecule has 112 valence electrons. The standard InChI is InChI=1S/C15H21BrN2O.ClH/c1-10-6-7-12(16)8-13(10)15(19)18-14-5-3-2-4-11(14)9-17;/h6-8,11,14H,2-5,9,17H2,1H3,(H,18,19);1H. The van der Waals surface area contributed by atoms with Crippen molar-refractivity contribution in [1.29, 1.82) is 0 Å². The Balaban J connectivity index is 0.00000200. The van der Waals surface area contributed by atoms with Gasteiger partial charge in [-0.25, -0.2) is 0 Å². The van der Waals surface area contributed by atoms with E-state index in [1.165, 1.54) is 12.8 Å². The van der Waals surface area contributed by atoms with Crippen molar-refractivity contribution in [2.75, 3.05) is 6.54 Å². The highest BCUT2D eigenvalue weighted by Gasteiger charge is 2.26. The molecule has 2 unspecified atom stereocenters. The van der Waals surface area contributed by atoms with Crippen molar-refractivity contribution >= 4 is 34.2 Å². The van der Waals surface area contributed by atoms with E-state index in [4.69, 9.17) is 5.73 Å². The van der Waals surface area contributed by atoms with Gasteiger partial charge < -0.3 is 11.1 Å². The maximum Gasteiger partial charge on any atom is 0.251 e. The summed E-state index contributed by atoms with van der Waals surface area (Å²) in [5, 5.41) is 3.16. The van der Waals surface area contributed by atoms with Crippen molar-refractivity contribution in [3.8, 4) is 0 Å². The molecule has 3 nitrogen and oxygen atoms in total. The van der Waals surface area contributed by atoms with E-state index in [0.29, 0.717) is 12.5 Å². The van der Waals surface area contributed by atoms with Crippen LogP contribution in [0.15, 0.2) is 22.7 Å². The predicted molar refractivity (Wildman–Crippen MR) is 88.4 cm³/mol. The van der Waals surface area contributed by atoms with Crippen molar-refractivity contribution in [3.05, 3.63) is 33.8 Å². The summed E-state index contributed by atoms with van der Waals surface area (Å²) < 4.78 is 0.933. The lowest BCUT2D eigenvalue weighted by Gasteiger charge is -2.31. The van der Waals surface area contributed by atoms with Gasteiger partial charge in [-0.2, -0.15) is 0 Å². The number of hydrogen-bond acceptors (Lipinski definition) is 2. The topological polar surface area (TPSA) is 55.1 Å². The van der Waals surface area contributed by atoms with E-state index in [2.05, 4.69) is 21.2 Å². The van der Waals surface area contributed by atoms with E-state index in [9.17, 15) is 4.79 Å². The number of benzene rings is 1. The van der Waals surface area contributed by atoms with Crippen LogP contribution in [0.1, 0.15) is 41.6 Å². The molecule has 0 heterocycles. The fourth-order valence-electron chi connectivity index (χ4n) is 2.76. The summed E-state index contributed by atoms with van der Waals surface area (Å²) in [4.78, 5) is 12.4. The van der Waals surface area contributed by atoms with E-state index < -0.39 is 0 Å². The summed E-state index contributed by atoms with van der Waals surface area (Å²) in [5.74, 6) is 0.439. The first-order chi connectivity index (χ1) is 9.11. The zero-order valence-corrected chi connectivity index (χ0v) is 14.1. The average Bonchev–Trinajstić information content (AvgIpc) is 2.42. The lowest BCUT2D eigenvalue weighted by molar-refractivity contribution is 0.0907. The van der Waals surface area contributed by atoms with Gasteiger partial charge in [0.1, 0.15) is 0 Å². The van der Waals surface area contributed by atoms with Crippen molar-refractivity contribution in [2.24, 2.45) is 11.7 Å². The van der Waals surface area contributed by atoms with Crippen LogP contribution in [0.4, 0.5) is 0 Å². The van der Waals surface area contributed by atoms with Crippen LogP contribution in [0.5, 0.6) is 0 Å². The Morgan fingerprint density at radius 2 is 2.10 bits per heavy atom. The van der Waals surface area contributed by atoms with Gasteiger partial charge in [0, 0.05) is 16.1 Å². The Bertz CT molecular complexity index is 467. The van der Waals surface area contributed by atoms with Gasteiger partial charge in [-0.05, 0) is 49.9 Å². The molecule has 0 spiro atoms. The number of carbonyl (C=O) groups is 1. The van der Waals surface area contributed by atoms with Crippen molar-refractivity contribution < 1.29 is 4.79 Å². The quantitative estimate of drug-likeness (QED) is 0.866. The third-order valence-electron chi connectivity index (χ3n) is 3.97. The summed E-state index contributed by atoms with van der Waals surface area (Å²) >= 11 is 3.42. The molecule has 0 bridgehead atoms. The van der Waals surface area contributed by atoms with Crippen molar-refractivity contribution in [3.63, 3.8) is 0 Å². The molecule has 20 heavy (non-hydrogen) atoms. The molecule has 1 saturated carbocycles. The first-order valence-electron chi connectivity index (χ1n) is 6.89. The number of halogens is 2. The first-order valence-corrected chi connectivity index (χ1v) is 7.68. The van der Waals surface area contributed by atoms with E-state index >= 15 is 0 Å². The number of aryl methyl sites for hydroxylation is 1. The molecule has 1 amide bonds. The first kappa shape index (κ1) is 17.5. The average molecular weight is 362 g/mol. The van der Waals surface area contributed by atoms with Gasteiger partial charge in [-0.1, -0.05) is 34.8 Å². The molecule has 0 radical (unpaired) electrons. The molecule has 1 aromatic rings. The van der Waals surface area contributed by atoms with Crippen LogP contribution < -0.4 is 11.1 Å². The number of carbonyl (C=O) groups excluding carboxylic acids is 1. The molecule has 0 aliphatic heterocycles. The van der Waals surface area contributed by atoms with E-state index in [1.54, 1.807) is 0 Å². The van der Waals surface area contributed by atoms with E-state index in [0.717, 1.165) is 28.4 Å². The van der Waals surface area contributed by atoms with Gasteiger partial charge in [-0.3, -0.25) is 4.79 Å². The molecule has 1 aliphatic carbocycles. The van der Waals surface area contributed by atoms with Crippen LogP contribution in [0.25, 0.3) is 0 Å². The molecular weight excluding hydrogens is 340 g/mol. The number of nitrogens with one attached hydrogen (secondary N) is 1. The lowest BCUT2D eigenvalue weighted by atomic mass is 9.84. The SMILES string of the molecule is Cc1ccc(Br)cc1C(=O)NC1CCCCC1CN.Cl. The van der Waals surface area contributed by atoms with E-state index in [-0.39, 0.29) is 24.4 Å². The summed E-state index contributed by atoms with van der Waals surface area (Å²) in [7, 11) is 0. The maximum absolute atomic E-state index is 12.4. The smallest absolute Gasteiger partial charge is 0.251 e. The van der Waals surface area contributed by atoms with Crippen LogP contribution >= 0.6 is 28.3 Å². The lowest BCUT2D eigenvalue weighted by Crippen LogP contribution is -2.44. The highest BCUT2D eigenvalue weighted by molar-refractivity contribution is 9.10. The number of hydrogen-bond donors (Lipinski definition) is 2. The Hall–Kier alpha value is -0.580. The van der Waals surface area contributed by atoms with E-state index in [1.807, 2.05) is 25.1 Å². The predicted octanol–water partition coefficient (Wildman–Crippen LogP) is 3.43. The van der Waals surface area contributed by atoms with Gasteiger partial charge in [0.15, 0.2) is 0 Å². The Morgan fingerprint density at radius 1 is 1.40 bits per heavy atom. The molecule has 3 N–H and O–H groups in total. The van der Waals surface area contributed by atoms with Crippen LogP contribution in [-0.4, -0.2) is 18.5 Å². The minimum absolute atomic E-state index is 0. The molecular formula is C15H22BrClN2O. The highest BCUT2D eigenvalue weighted by Crippen LogP contribution is 2.24. The summed E-state index contributed by atoms with van der Waals surface area (Å²) in [6.45, 7) is 2.62. The van der Waals surface area contributed by atoms with Crippen molar-refractivity contribution in [1.82, 2.24) is 5.32 Å². The normalized spacial score (nSPS) is 21.9. The maximum atomic E-state index is 12.4. The van der Waals surface area contributed by atoms with Crippen LogP contribution in [0, 0.1) is 12.8 Å². The number of nitrogens with two attached hydrogens (primary N) is 1. The highest BCUT2D eigenvalue weighted by atomic mass is 79.9.